The summed E-state index contributed by atoms with van der Waals surface area (Å²) in [5.41, 5.74) is 15.6. The van der Waals surface area contributed by atoms with E-state index in [4.69, 9.17) is 11.5 Å². The van der Waals surface area contributed by atoms with Crippen molar-refractivity contribution in [2.75, 3.05) is 5.73 Å². The average molecular weight is 447 g/mol. The number of amidine groups is 1. The Hall–Kier alpha value is -2.97. The molecule has 6 N–H and O–H groups in total. The SMILES string of the molecule is CC1(C)C(N)=Nc2cc(CC[C@@]34CC[C@@H]3[C@@H](n3ccc5c(N)ncnc53)[C@H](O)[C@@H]4O)ccc21. The molecule has 33 heavy (non-hydrogen) atoms. The Morgan fingerprint density at radius 3 is 2.73 bits per heavy atom. The first-order valence-electron chi connectivity index (χ1n) is 11.7. The summed E-state index contributed by atoms with van der Waals surface area (Å²) < 4.78 is 1.99. The number of fused-ring (bicyclic) bond motifs is 3. The van der Waals surface area contributed by atoms with Gasteiger partial charge < -0.3 is 26.2 Å². The van der Waals surface area contributed by atoms with E-state index >= 15 is 0 Å². The summed E-state index contributed by atoms with van der Waals surface area (Å²) in [4.78, 5) is 13.1. The van der Waals surface area contributed by atoms with Gasteiger partial charge in [0.25, 0.3) is 0 Å². The van der Waals surface area contributed by atoms with Gasteiger partial charge >= 0.3 is 0 Å². The lowest BCUT2D eigenvalue weighted by Gasteiger charge is -2.48. The molecule has 2 fully saturated rings. The molecule has 3 aromatic rings. The topological polar surface area (TPSA) is 136 Å². The molecule has 3 heterocycles. The molecule has 0 radical (unpaired) electrons. The van der Waals surface area contributed by atoms with E-state index < -0.39 is 12.2 Å². The summed E-state index contributed by atoms with van der Waals surface area (Å²) in [5.74, 6) is 1.25. The van der Waals surface area contributed by atoms with E-state index in [1.807, 2.05) is 16.8 Å². The van der Waals surface area contributed by atoms with Crippen LogP contribution in [0.25, 0.3) is 11.0 Å². The largest absolute Gasteiger partial charge is 0.390 e. The van der Waals surface area contributed by atoms with Crippen LogP contribution in [-0.2, 0) is 11.8 Å². The van der Waals surface area contributed by atoms with Crippen LogP contribution >= 0.6 is 0 Å². The molecule has 1 aliphatic heterocycles. The maximum Gasteiger partial charge on any atom is 0.145 e. The van der Waals surface area contributed by atoms with E-state index in [1.54, 1.807) is 0 Å². The fourth-order valence-corrected chi connectivity index (χ4v) is 6.51. The number of aromatic nitrogens is 3. The number of aryl methyl sites for hydroxylation is 1. The number of anilines is 1. The lowest BCUT2D eigenvalue weighted by molar-refractivity contribution is -0.0742. The zero-order valence-corrected chi connectivity index (χ0v) is 18.9. The quantitative estimate of drug-likeness (QED) is 0.486. The van der Waals surface area contributed by atoms with Crippen molar-refractivity contribution in [2.45, 2.75) is 63.2 Å². The second kappa shape index (κ2) is 6.77. The fraction of sp³-hybridized carbons (Fsp3) is 0.480. The first kappa shape index (κ1) is 20.6. The lowest BCUT2D eigenvalue weighted by atomic mass is 9.58. The third-order valence-electron chi connectivity index (χ3n) is 8.69. The highest BCUT2D eigenvalue weighted by atomic mass is 16.3. The maximum absolute atomic E-state index is 11.2. The van der Waals surface area contributed by atoms with E-state index in [9.17, 15) is 10.2 Å². The van der Waals surface area contributed by atoms with Crippen LogP contribution in [0.5, 0.6) is 0 Å². The van der Waals surface area contributed by atoms with E-state index in [2.05, 4.69) is 47.0 Å². The van der Waals surface area contributed by atoms with Crippen molar-refractivity contribution in [1.29, 1.82) is 0 Å². The van der Waals surface area contributed by atoms with Crippen LogP contribution in [0.2, 0.25) is 0 Å². The standard InChI is InChI=1S/C25H30N6O2/c1-24(2)15-4-3-13(11-17(15)30-23(24)27)5-8-25-9-6-16(25)18(19(32)20(25)33)31-10-7-14-21(26)28-12-29-22(14)31/h3-4,7,10-12,16,18-20,32-33H,5-6,8-9H2,1-2H3,(H2,27,30)(H2,26,28,29)/t16-,18-,19+,20+,25-/m1/s1. The maximum atomic E-state index is 11.2. The number of aliphatic hydroxyl groups is 2. The van der Waals surface area contributed by atoms with Crippen molar-refractivity contribution in [3.8, 4) is 0 Å². The Balaban J connectivity index is 1.28. The zero-order valence-electron chi connectivity index (χ0n) is 18.9. The first-order valence-corrected chi connectivity index (χ1v) is 11.7. The normalized spacial score (nSPS) is 31.8. The van der Waals surface area contributed by atoms with Crippen molar-refractivity contribution < 1.29 is 10.2 Å². The molecule has 8 heteroatoms. The molecule has 3 aliphatic rings. The summed E-state index contributed by atoms with van der Waals surface area (Å²) in [6.07, 6.45) is 5.24. The average Bonchev–Trinajstić information content (AvgIpc) is 3.33. The summed E-state index contributed by atoms with van der Waals surface area (Å²) in [6, 6.07) is 8.05. The molecule has 0 saturated heterocycles. The van der Waals surface area contributed by atoms with Gasteiger partial charge in [-0.15, -0.1) is 0 Å². The van der Waals surface area contributed by atoms with Crippen LogP contribution in [-0.4, -0.2) is 42.8 Å². The second-order valence-electron chi connectivity index (χ2n) is 10.5. The van der Waals surface area contributed by atoms with E-state index in [0.717, 1.165) is 42.3 Å². The predicted octanol–water partition coefficient (Wildman–Crippen LogP) is 2.60. The Bertz CT molecular complexity index is 1300. The van der Waals surface area contributed by atoms with Gasteiger partial charge in [-0.3, -0.25) is 0 Å². The molecule has 2 aromatic heterocycles. The molecule has 172 valence electrons. The van der Waals surface area contributed by atoms with Crippen LogP contribution in [0.1, 0.15) is 50.3 Å². The minimum Gasteiger partial charge on any atom is -0.390 e. The summed E-state index contributed by atoms with van der Waals surface area (Å²) in [5, 5.41) is 23.1. The van der Waals surface area contributed by atoms with Gasteiger partial charge in [0.2, 0.25) is 0 Å². The summed E-state index contributed by atoms with van der Waals surface area (Å²) in [7, 11) is 0. The number of nitrogens with two attached hydrogens (primary N) is 2. The van der Waals surface area contributed by atoms with Crippen molar-refractivity contribution in [1.82, 2.24) is 14.5 Å². The number of nitrogen functional groups attached to an aromatic ring is 1. The van der Waals surface area contributed by atoms with E-state index in [1.165, 1.54) is 11.9 Å². The minimum atomic E-state index is -0.852. The molecule has 0 spiro atoms. The van der Waals surface area contributed by atoms with Crippen LogP contribution in [0.3, 0.4) is 0 Å². The van der Waals surface area contributed by atoms with Crippen LogP contribution in [0, 0.1) is 11.3 Å². The van der Waals surface area contributed by atoms with Gasteiger partial charge in [0.05, 0.1) is 23.2 Å². The van der Waals surface area contributed by atoms with Gasteiger partial charge in [0.1, 0.15) is 29.7 Å². The highest BCUT2D eigenvalue weighted by molar-refractivity contribution is 5.98. The molecular weight excluding hydrogens is 416 g/mol. The molecule has 2 aliphatic carbocycles. The number of benzene rings is 1. The third kappa shape index (κ3) is 2.68. The molecule has 2 saturated carbocycles. The molecule has 0 bridgehead atoms. The molecule has 8 nitrogen and oxygen atoms in total. The fourth-order valence-electron chi connectivity index (χ4n) is 6.51. The van der Waals surface area contributed by atoms with E-state index in [0.29, 0.717) is 17.3 Å². The van der Waals surface area contributed by atoms with Gasteiger partial charge in [0, 0.05) is 17.0 Å². The van der Waals surface area contributed by atoms with Gasteiger partial charge in [-0.25, -0.2) is 15.0 Å². The van der Waals surface area contributed by atoms with Crippen LogP contribution < -0.4 is 11.5 Å². The molecular formula is C25H30N6O2. The van der Waals surface area contributed by atoms with Gasteiger partial charge in [-0.05, 0) is 68.7 Å². The smallest absolute Gasteiger partial charge is 0.145 e. The van der Waals surface area contributed by atoms with Crippen molar-refractivity contribution >= 4 is 28.4 Å². The van der Waals surface area contributed by atoms with Crippen molar-refractivity contribution in [3.05, 3.63) is 47.9 Å². The van der Waals surface area contributed by atoms with Crippen LogP contribution in [0.15, 0.2) is 41.8 Å². The predicted molar refractivity (Wildman–Crippen MR) is 127 cm³/mol. The second-order valence-corrected chi connectivity index (χ2v) is 10.5. The lowest BCUT2D eigenvalue weighted by Crippen LogP contribution is -2.46. The Labute approximate surface area is 192 Å². The minimum absolute atomic E-state index is 0.177. The number of aliphatic hydroxyl groups excluding tert-OH is 2. The molecule has 1 aromatic carbocycles. The molecule has 5 atom stereocenters. The summed E-state index contributed by atoms with van der Waals surface area (Å²) >= 11 is 0. The van der Waals surface area contributed by atoms with Gasteiger partial charge in [-0.1, -0.05) is 12.1 Å². The van der Waals surface area contributed by atoms with Crippen molar-refractivity contribution in [3.63, 3.8) is 0 Å². The summed E-state index contributed by atoms with van der Waals surface area (Å²) in [6.45, 7) is 4.18. The third-order valence-corrected chi connectivity index (χ3v) is 8.69. The van der Waals surface area contributed by atoms with Crippen LogP contribution in [0.4, 0.5) is 11.5 Å². The van der Waals surface area contributed by atoms with Gasteiger partial charge in [0.15, 0.2) is 0 Å². The molecule has 0 amide bonds. The van der Waals surface area contributed by atoms with Crippen molar-refractivity contribution in [2.24, 2.45) is 22.1 Å². The molecule has 0 unspecified atom stereocenters. The van der Waals surface area contributed by atoms with Gasteiger partial charge in [-0.2, -0.15) is 0 Å². The first-order chi connectivity index (χ1) is 15.7. The Morgan fingerprint density at radius 2 is 1.97 bits per heavy atom. The number of rotatable bonds is 4. The number of nitrogens with zero attached hydrogens (tertiary/aromatic N) is 4. The number of aliphatic imine (C=N–C) groups is 1. The Morgan fingerprint density at radius 1 is 1.15 bits per heavy atom. The Kier molecular flexibility index (Phi) is 4.23. The highest BCUT2D eigenvalue weighted by Crippen LogP contribution is 2.64. The van der Waals surface area contributed by atoms with E-state index in [-0.39, 0.29) is 22.8 Å². The number of hydrogen-bond donors (Lipinski definition) is 4. The zero-order chi connectivity index (χ0) is 23.1. The monoisotopic (exact) mass is 446 g/mol. The molecule has 6 rings (SSSR count). The highest BCUT2D eigenvalue weighted by Gasteiger charge is 2.64. The number of hydrogen-bond acceptors (Lipinski definition) is 7.